The summed E-state index contributed by atoms with van der Waals surface area (Å²) in [5, 5.41) is 2.98. The molecular weight excluding hydrogens is 251 g/mol. The van der Waals surface area contributed by atoms with Crippen LogP contribution in [0, 0.1) is 13.8 Å². The Morgan fingerprint density at radius 2 is 1.53 bits per heavy atom. The summed E-state index contributed by atoms with van der Waals surface area (Å²) in [6.45, 7) is 3.95. The molecule has 2 aromatic carbocycles. The van der Waals surface area contributed by atoms with Gasteiger partial charge in [0.25, 0.3) is 0 Å². The van der Waals surface area contributed by atoms with Gasteiger partial charge in [0.05, 0.1) is 5.56 Å². The van der Waals surface area contributed by atoms with Crippen LogP contribution < -0.4 is 5.32 Å². The Balaban J connectivity index is 2.26. The van der Waals surface area contributed by atoms with Gasteiger partial charge in [-0.2, -0.15) is 13.2 Å². The summed E-state index contributed by atoms with van der Waals surface area (Å²) in [6, 6.07) is 10.9. The highest BCUT2D eigenvalue weighted by Gasteiger charge is 2.30. The lowest BCUT2D eigenvalue weighted by atomic mass is 10.1. The number of alkyl halides is 3. The molecule has 0 heterocycles. The van der Waals surface area contributed by atoms with Crippen LogP contribution in [0.15, 0.2) is 42.5 Å². The molecule has 0 saturated heterocycles. The normalized spacial score (nSPS) is 11.4. The second kappa shape index (κ2) is 4.96. The average Bonchev–Trinajstić information content (AvgIpc) is 2.33. The van der Waals surface area contributed by atoms with Crippen molar-refractivity contribution in [2.75, 3.05) is 5.32 Å². The molecule has 0 atom stereocenters. The first-order valence-electron chi connectivity index (χ1n) is 5.88. The quantitative estimate of drug-likeness (QED) is 0.799. The molecule has 1 nitrogen and oxygen atoms in total. The first kappa shape index (κ1) is 13.5. The zero-order chi connectivity index (χ0) is 14.0. The summed E-state index contributed by atoms with van der Waals surface area (Å²) >= 11 is 0. The van der Waals surface area contributed by atoms with E-state index in [0.29, 0.717) is 5.69 Å². The van der Waals surface area contributed by atoms with Crippen molar-refractivity contribution in [1.29, 1.82) is 0 Å². The molecule has 2 rings (SSSR count). The number of nitrogens with one attached hydrogen (secondary N) is 1. The fourth-order valence-corrected chi connectivity index (χ4v) is 1.76. The van der Waals surface area contributed by atoms with Gasteiger partial charge < -0.3 is 5.32 Å². The summed E-state index contributed by atoms with van der Waals surface area (Å²) in [4.78, 5) is 0. The molecule has 19 heavy (non-hydrogen) atoms. The van der Waals surface area contributed by atoms with E-state index < -0.39 is 11.7 Å². The van der Waals surface area contributed by atoms with Crippen molar-refractivity contribution >= 4 is 11.4 Å². The van der Waals surface area contributed by atoms with E-state index >= 15 is 0 Å². The number of hydrogen-bond donors (Lipinski definition) is 1. The third-order valence-electron chi connectivity index (χ3n) is 2.99. The lowest BCUT2D eigenvalue weighted by molar-refractivity contribution is -0.137. The molecule has 0 saturated carbocycles. The molecule has 1 N–H and O–H groups in total. The van der Waals surface area contributed by atoms with Crippen molar-refractivity contribution in [3.05, 3.63) is 59.2 Å². The Bertz CT molecular complexity index is 588. The summed E-state index contributed by atoms with van der Waals surface area (Å²) in [5.41, 5.74) is 2.80. The minimum Gasteiger partial charge on any atom is -0.356 e. The molecule has 100 valence electrons. The molecule has 0 amide bonds. The van der Waals surface area contributed by atoms with Gasteiger partial charge in [0.2, 0.25) is 0 Å². The first-order chi connectivity index (χ1) is 8.86. The molecule has 0 aliphatic carbocycles. The van der Waals surface area contributed by atoms with E-state index in [1.165, 1.54) is 6.07 Å². The average molecular weight is 265 g/mol. The second-order valence-electron chi connectivity index (χ2n) is 4.50. The molecule has 0 aliphatic rings. The predicted octanol–water partition coefficient (Wildman–Crippen LogP) is 5.07. The topological polar surface area (TPSA) is 12.0 Å². The monoisotopic (exact) mass is 265 g/mol. The summed E-state index contributed by atoms with van der Waals surface area (Å²) in [6.07, 6.45) is -4.32. The zero-order valence-electron chi connectivity index (χ0n) is 10.7. The van der Waals surface area contributed by atoms with E-state index in [4.69, 9.17) is 0 Å². The molecule has 0 unspecified atom stereocenters. The van der Waals surface area contributed by atoms with Gasteiger partial charge in [-0.1, -0.05) is 12.1 Å². The van der Waals surface area contributed by atoms with E-state index in [1.54, 1.807) is 6.07 Å². The smallest absolute Gasteiger partial charge is 0.356 e. The maximum Gasteiger partial charge on any atom is 0.416 e. The number of benzene rings is 2. The number of rotatable bonds is 2. The van der Waals surface area contributed by atoms with Crippen molar-refractivity contribution in [3.63, 3.8) is 0 Å². The maximum atomic E-state index is 12.6. The highest BCUT2D eigenvalue weighted by atomic mass is 19.4. The van der Waals surface area contributed by atoms with Gasteiger partial charge in [-0.3, -0.25) is 0 Å². The van der Waals surface area contributed by atoms with Gasteiger partial charge in [-0.25, -0.2) is 0 Å². The molecule has 0 bridgehead atoms. The minimum atomic E-state index is -4.32. The van der Waals surface area contributed by atoms with Gasteiger partial charge in [0.1, 0.15) is 0 Å². The fraction of sp³-hybridized carbons (Fsp3) is 0.200. The minimum absolute atomic E-state index is 0.429. The number of halogens is 3. The Morgan fingerprint density at radius 3 is 2.16 bits per heavy atom. The maximum absolute atomic E-state index is 12.6. The van der Waals surface area contributed by atoms with Gasteiger partial charge in [-0.05, 0) is 55.3 Å². The van der Waals surface area contributed by atoms with E-state index in [9.17, 15) is 13.2 Å². The lowest BCUT2D eigenvalue weighted by Gasteiger charge is -2.11. The molecular formula is C15H14F3N. The third kappa shape index (κ3) is 3.28. The van der Waals surface area contributed by atoms with Crippen molar-refractivity contribution in [3.8, 4) is 0 Å². The number of anilines is 2. The molecule has 4 heteroatoms. The predicted molar refractivity (Wildman–Crippen MR) is 70.6 cm³/mol. The lowest BCUT2D eigenvalue weighted by Crippen LogP contribution is -2.05. The number of aryl methyl sites for hydroxylation is 2. The molecule has 0 fully saturated rings. The highest BCUT2D eigenvalue weighted by Crippen LogP contribution is 2.31. The van der Waals surface area contributed by atoms with Crippen LogP contribution in [0.5, 0.6) is 0 Å². The third-order valence-corrected chi connectivity index (χ3v) is 2.99. The van der Waals surface area contributed by atoms with Crippen LogP contribution in [0.25, 0.3) is 0 Å². The molecule has 0 aromatic heterocycles. The molecule has 0 radical (unpaired) electrons. The molecule has 0 aliphatic heterocycles. The van der Waals surface area contributed by atoms with E-state index in [0.717, 1.165) is 28.9 Å². The Morgan fingerprint density at radius 1 is 0.842 bits per heavy atom. The Labute approximate surface area is 110 Å². The fourth-order valence-electron chi connectivity index (χ4n) is 1.76. The van der Waals surface area contributed by atoms with Crippen molar-refractivity contribution in [2.45, 2.75) is 20.0 Å². The van der Waals surface area contributed by atoms with E-state index in [1.807, 2.05) is 32.0 Å². The van der Waals surface area contributed by atoms with Crippen LogP contribution >= 0.6 is 0 Å². The SMILES string of the molecule is Cc1ccc(Nc2cccc(C(F)(F)F)c2)cc1C. The van der Waals surface area contributed by atoms with Crippen LogP contribution in [0.2, 0.25) is 0 Å². The van der Waals surface area contributed by atoms with Gasteiger partial charge >= 0.3 is 6.18 Å². The van der Waals surface area contributed by atoms with Gasteiger partial charge in [0, 0.05) is 11.4 Å². The van der Waals surface area contributed by atoms with Gasteiger partial charge in [0.15, 0.2) is 0 Å². The van der Waals surface area contributed by atoms with Gasteiger partial charge in [-0.15, -0.1) is 0 Å². The summed E-state index contributed by atoms with van der Waals surface area (Å²) < 4.78 is 37.8. The summed E-state index contributed by atoms with van der Waals surface area (Å²) in [5.74, 6) is 0. The van der Waals surface area contributed by atoms with Crippen molar-refractivity contribution in [2.24, 2.45) is 0 Å². The van der Waals surface area contributed by atoms with Crippen molar-refractivity contribution in [1.82, 2.24) is 0 Å². The van der Waals surface area contributed by atoms with Crippen LogP contribution in [0.3, 0.4) is 0 Å². The van der Waals surface area contributed by atoms with E-state index in [2.05, 4.69) is 5.32 Å². The van der Waals surface area contributed by atoms with Crippen molar-refractivity contribution < 1.29 is 13.2 Å². The van der Waals surface area contributed by atoms with Crippen LogP contribution in [-0.4, -0.2) is 0 Å². The van der Waals surface area contributed by atoms with Crippen LogP contribution in [-0.2, 0) is 6.18 Å². The highest BCUT2D eigenvalue weighted by molar-refractivity contribution is 5.61. The standard InChI is InChI=1S/C15H14F3N/c1-10-6-7-14(8-11(10)2)19-13-5-3-4-12(9-13)15(16,17)18/h3-9,19H,1-2H3. The number of hydrogen-bond acceptors (Lipinski definition) is 1. The molecule has 2 aromatic rings. The van der Waals surface area contributed by atoms with E-state index in [-0.39, 0.29) is 0 Å². The Hall–Kier alpha value is -1.97. The molecule has 0 spiro atoms. The Kier molecular flexibility index (Phi) is 3.51. The summed E-state index contributed by atoms with van der Waals surface area (Å²) in [7, 11) is 0. The first-order valence-corrected chi connectivity index (χ1v) is 5.88. The second-order valence-corrected chi connectivity index (χ2v) is 4.50. The largest absolute Gasteiger partial charge is 0.416 e. The zero-order valence-corrected chi connectivity index (χ0v) is 10.7. The van der Waals surface area contributed by atoms with Crippen LogP contribution in [0.4, 0.5) is 24.5 Å². The van der Waals surface area contributed by atoms with Crippen LogP contribution in [0.1, 0.15) is 16.7 Å².